The molecule has 0 bridgehead atoms. The predicted molar refractivity (Wildman–Crippen MR) is 121 cm³/mol. The molecule has 0 atom stereocenters. The van der Waals surface area contributed by atoms with Gasteiger partial charge in [-0.25, -0.2) is 4.99 Å². The predicted octanol–water partition coefficient (Wildman–Crippen LogP) is 7.82. The van der Waals surface area contributed by atoms with E-state index in [-0.39, 0.29) is 20.8 Å². The molecule has 2 aromatic carbocycles. The van der Waals surface area contributed by atoms with Crippen molar-refractivity contribution in [3.63, 3.8) is 0 Å². The van der Waals surface area contributed by atoms with Gasteiger partial charge in [0.1, 0.15) is 11.5 Å². The Morgan fingerprint density at radius 1 is 1.00 bits per heavy atom. The van der Waals surface area contributed by atoms with E-state index >= 15 is 0 Å². The molecule has 0 radical (unpaired) electrons. The summed E-state index contributed by atoms with van der Waals surface area (Å²) in [6, 6.07) is 11.1. The molecule has 0 saturated carbocycles. The lowest BCUT2D eigenvalue weighted by atomic mass is 10.2. The number of amides is 1. The Morgan fingerprint density at radius 2 is 1.72 bits per heavy atom. The number of nitrogens with zero attached hydrogens (tertiary/aromatic N) is 1. The molecule has 1 aromatic heterocycles. The molecule has 32 heavy (non-hydrogen) atoms. The van der Waals surface area contributed by atoms with Gasteiger partial charge in [-0.15, -0.1) is 0 Å². The normalized spacial score (nSPS) is 16.8. The number of benzene rings is 2. The molecule has 1 saturated heterocycles. The maximum atomic E-state index is 13.0. The average Bonchev–Trinajstić information content (AvgIpc) is 3.29. The van der Waals surface area contributed by atoms with Crippen LogP contribution in [0.4, 0.5) is 18.9 Å². The second-order valence-electron chi connectivity index (χ2n) is 6.44. The standard InChI is InChI=1S/C21H10Cl3F3N2O2S/c22-12-6-4-10(21(25,26)27)8-15(12)28-20-29-19(30)17(32-20)9-11-5-7-16(31-11)18-13(23)2-1-3-14(18)24/h1-9H,(H,28,29,30). The van der Waals surface area contributed by atoms with Gasteiger partial charge >= 0.3 is 6.18 Å². The Morgan fingerprint density at radius 3 is 2.41 bits per heavy atom. The molecule has 4 rings (SSSR count). The van der Waals surface area contributed by atoms with Crippen LogP contribution < -0.4 is 5.32 Å². The summed E-state index contributed by atoms with van der Waals surface area (Å²) in [5.41, 5.74) is -0.489. The summed E-state index contributed by atoms with van der Waals surface area (Å²) in [6.07, 6.45) is -3.07. The Bertz CT molecular complexity index is 1270. The molecule has 1 amide bonds. The highest BCUT2D eigenvalue weighted by Gasteiger charge is 2.31. The molecular formula is C21H10Cl3F3N2O2S. The van der Waals surface area contributed by atoms with Crippen LogP contribution in [0, 0.1) is 0 Å². The largest absolute Gasteiger partial charge is 0.457 e. The van der Waals surface area contributed by atoms with Gasteiger partial charge in [0.05, 0.1) is 36.8 Å². The summed E-state index contributed by atoms with van der Waals surface area (Å²) in [6.45, 7) is 0. The topological polar surface area (TPSA) is 54.6 Å². The minimum Gasteiger partial charge on any atom is -0.457 e. The van der Waals surface area contributed by atoms with Crippen molar-refractivity contribution >= 4 is 69.4 Å². The van der Waals surface area contributed by atoms with Crippen molar-refractivity contribution < 1.29 is 22.4 Å². The first-order valence-corrected chi connectivity index (χ1v) is 10.8. The van der Waals surface area contributed by atoms with Crippen LogP contribution in [0.3, 0.4) is 0 Å². The number of furan rings is 1. The number of carbonyl (C=O) groups is 1. The maximum absolute atomic E-state index is 13.0. The quantitative estimate of drug-likeness (QED) is 0.360. The summed E-state index contributed by atoms with van der Waals surface area (Å²) >= 11 is 19.3. The summed E-state index contributed by atoms with van der Waals surface area (Å²) in [5.74, 6) is 0.290. The molecule has 2 heterocycles. The van der Waals surface area contributed by atoms with Crippen LogP contribution in [0.25, 0.3) is 17.4 Å². The molecule has 1 aliphatic rings. The van der Waals surface area contributed by atoms with Gasteiger partial charge in [0.15, 0.2) is 5.17 Å². The number of thioether (sulfide) groups is 1. The fraction of sp³-hybridized carbons (Fsp3) is 0.0476. The lowest BCUT2D eigenvalue weighted by Crippen LogP contribution is -2.19. The highest BCUT2D eigenvalue weighted by atomic mass is 35.5. The molecule has 11 heteroatoms. The molecule has 3 aromatic rings. The van der Waals surface area contributed by atoms with Crippen molar-refractivity contribution in [2.45, 2.75) is 6.18 Å². The van der Waals surface area contributed by atoms with Gasteiger partial charge < -0.3 is 9.73 Å². The first-order valence-electron chi connectivity index (χ1n) is 8.82. The van der Waals surface area contributed by atoms with E-state index in [4.69, 9.17) is 39.2 Å². The molecule has 164 valence electrons. The number of halogens is 6. The van der Waals surface area contributed by atoms with Crippen molar-refractivity contribution in [3.8, 4) is 11.3 Å². The van der Waals surface area contributed by atoms with Crippen LogP contribution in [0.1, 0.15) is 11.3 Å². The van der Waals surface area contributed by atoms with Crippen molar-refractivity contribution in [1.29, 1.82) is 0 Å². The van der Waals surface area contributed by atoms with E-state index in [9.17, 15) is 18.0 Å². The van der Waals surface area contributed by atoms with Crippen LogP contribution >= 0.6 is 46.6 Å². The number of aliphatic imine (C=N–C) groups is 1. The molecule has 4 nitrogen and oxygen atoms in total. The van der Waals surface area contributed by atoms with E-state index < -0.39 is 17.6 Å². The van der Waals surface area contributed by atoms with Crippen molar-refractivity contribution in [1.82, 2.24) is 5.32 Å². The van der Waals surface area contributed by atoms with Crippen molar-refractivity contribution in [3.05, 3.63) is 79.8 Å². The van der Waals surface area contributed by atoms with Crippen LogP contribution in [0.2, 0.25) is 15.1 Å². The Labute approximate surface area is 199 Å². The third-order valence-electron chi connectivity index (χ3n) is 4.26. The second-order valence-corrected chi connectivity index (χ2v) is 8.70. The zero-order valence-corrected chi connectivity index (χ0v) is 18.7. The van der Waals surface area contributed by atoms with E-state index in [0.29, 0.717) is 27.1 Å². The number of nitrogens with one attached hydrogen (secondary N) is 1. The van der Waals surface area contributed by atoms with E-state index in [0.717, 1.165) is 30.0 Å². The highest BCUT2D eigenvalue weighted by molar-refractivity contribution is 8.18. The van der Waals surface area contributed by atoms with Gasteiger partial charge in [0.25, 0.3) is 5.91 Å². The summed E-state index contributed by atoms with van der Waals surface area (Å²) in [5, 5.41) is 3.42. The molecular weight excluding hydrogens is 508 g/mol. The zero-order chi connectivity index (χ0) is 23.0. The third-order valence-corrected chi connectivity index (χ3v) is 6.12. The molecule has 1 N–H and O–H groups in total. The van der Waals surface area contributed by atoms with Gasteiger partial charge in [-0.05, 0) is 54.2 Å². The zero-order valence-electron chi connectivity index (χ0n) is 15.6. The first kappa shape index (κ1) is 22.8. The van der Waals surface area contributed by atoms with Gasteiger partial charge in [-0.1, -0.05) is 40.9 Å². The molecule has 0 aliphatic carbocycles. The van der Waals surface area contributed by atoms with E-state index in [1.165, 1.54) is 6.08 Å². The van der Waals surface area contributed by atoms with Crippen LogP contribution in [0.5, 0.6) is 0 Å². The number of rotatable bonds is 3. The fourth-order valence-corrected chi connectivity index (χ4v) is 4.35. The molecule has 0 spiro atoms. The maximum Gasteiger partial charge on any atom is 0.416 e. The number of hydrogen-bond acceptors (Lipinski definition) is 4. The van der Waals surface area contributed by atoms with E-state index in [1.54, 1.807) is 30.3 Å². The summed E-state index contributed by atoms with van der Waals surface area (Å²) in [4.78, 5) is 16.6. The highest BCUT2D eigenvalue weighted by Crippen LogP contribution is 2.38. The number of alkyl halides is 3. The second kappa shape index (κ2) is 8.86. The minimum atomic E-state index is -4.54. The first-order chi connectivity index (χ1) is 15.1. The Hall–Kier alpha value is -2.39. The number of hydrogen-bond donors (Lipinski definition) is 1. The minimum absolute atomic E-state index is 0.0186. The average molecular weight is 518 g/mol. The number of carbonyl (C=O) groups excluding carboxylic acids is 1. The van der Waals surface area contributed by atoms with Gasteiger partial charge in [0.2, 0.25) is 0 Å². The molecule has 1 fully saturated rings. The Balaban J connectivity index is 1.60. The van der Waals surface area contributed by atoms with Crippen LogP contribution in [-0.4, -0.2) is 11.1 Å². The lowest BCUT2D eigenvalue weighted by Gasteiger charge is -2.08. The summed E-state index contributed by atoms with van der Waals surface area (Å²) in [7, 11) is 0. The van der Waals surface area contributed by atoms with Crippen molar-refractivity contribution in [2.24, 2.45) is 4.99 Å². The lowest BCUT2D eigenvalue weighted by molar-refractivity contribution is -0.137. The third kappa shape index (κ3) is 4.83. The molecule has 0 unspecified atom stereocenters. The van der Waals surface area contributed by atoms with Gasteiger partial charge in [-0.2, -0.15) is 13.2 Å². The van der Waals surface area contributed by atoms with Gasteiger partial charge in [0, 0.05) is 6.08 Å². The smallest absolute Gasteiger partial charge is 0.416 e. The SMILES string of the molecule is O=C1NC(=Nc2cc(C(F)(F)F)ccc2Cl)SC1=Cc1ccc(-c2c(Cl)cccc2Cl)o1. The van der Waals surface area contributed by atoms with Crippen molar-refractivity contribution in [2.75, 3.05) is 0 Å². The van der Waals surface area contributed by atoms with Gasteiger partial charge in [-0.3, -0.25) is 4.79 Å². The Kier molecular flexibility index (Phi) is 6.31. The summed E-state index contributed by atoms with van der Waals surface area (Å²) < 4.78 is 44.6. The number of amidine groups is 1. The van der Waals surface area contributed by atoms with Crippen LogP contribution in [-0.2, 0) is 11.0 Å². The molecule has 1 aliphatic heterocycles. The monoisotopic (exact) mass is 516 g/mol. The fourth-order valence-electron chi connectivity index (χ4n) is 2.79. The van der Waals surface area contributed by atoms with E-state index in [2.05, 4.69) is 10.3 Å². The van der Waals surface area contributed by atoms with Crippen LogP contribution in [0.15, 0.2) is 62.8 Å². The van der Waals surface area contributed by atoms with E-state index in [1.807, 2.05) is 0 Å².